The Kier molecular flexibility index (Phi) is 4.38. The van der Waals surface area contributed by atoms with E-state index in [0.29, 0.717) is 0 Å². The van der Waals surface area contributed by atoms with Crippen molar-refractivity contribution in [2.45, 2.75) is 11.9 Å². The molecule has 3 N–H and O–H groups in total. The maximum Gasteiger partial charge on any atom is 0.398 e. The van der Waals surface area contributed by atoms with Gasteiger partial charge in [-0.3, -0.25) is 4.55 Å². The van der Waals surface area contributed by atoms with E-state index in [2.05, 4.69) is 4.18 Å². The molecule has 0 aromatic rings. The van der Waals surface area contributed by atoms with Gasteiger partial charge in [0.15, 0.2) is 0 Å². The highest BCUT2D eigenvalue weighted by Gasteiger charge is 2.19. The first kappa shape index (κ1) is 11.2. The average molecular weight is 204 g/mol. The van der Waals surface area contributed by atoms with Crippen molar-refractivity contribution in [3.63, 3.8) is 0 Å². The topological polar surface area (TPSA) is 104 Å². The molecule has 3 atom stereocenters. The second-order valence-electron chi connectivity index (χ2n) is 1.74. The zero-order valence-electron chi connectivity index (χ0n) is 5.41. The summed E-state index contributed by atoms with van der Waals surface area (Å²) in [5.74, 6) is -1.24. The summed E-state index contributed by atoms with van der Waals surface area (Å²) in [6, 6.07) is 0. The summed E-state index contributed by atoms with van der Waals surface area (Å²) in [7, 11) is -2.76. The summed E-state index contributed by atoms with van der Waals surface area (Å²) in [6.45, 7) is -0.649. The van der Waals surface area contributed by atoms with E-state index in [0.717, 1.165) is 0 Å². The third-order valence-electron chi connectivity index (χ3n) is 0.799. The van der Waals surface area contributed by atoms with Crippen LogP contribution in [0.25, 0.3) is 0 Å². The minimum atomic E-state index is -4.57. The van der Waals surface area contributed by atoms with E-state index >= 15 is 0 Å². The van der Waals surface area contributed by atoms with E-state index in [1.54, 1.807) is 0 Å². The minimum absolute atomic E-state index is 0.649. The summed E-state index contributed by atoms with van der Waals surface area (Å²) in [5.41, 5.74) is 0. The van der Waals surface area contributed by atoms with Crippen molar-refractivity contribution in [3.8, 4) is 0 Å². The van der Waals surface area contributed by atoms with Crippen molar-refractivity contribution >= 4 is 19.6 Å². The molecule has 3 unspecified atom stereocenters. The van der Waals surface area contributed by atoms with Crippen LogP contribution in [0.3, 0.4) is 0 Å². The fourth-order valence-electron chi connectivity index (χ4n) is 0.308. The predicted molar refractivity (Wildman–Crippen MR) is 39.2 cm³/mol. The van der Waals surface area contributed by atoms with Crippen LogP contribution >= 0.6 is 9.24 Å². The molecule has 0 aliphatic heterocycles. The molecule has 0 saturated carbocycles. The standard InChI is InChI=1S/C3H9O6PS/c4-1-2(5)3(10)9-11(6,7)8/h2-5H,1,10H2,(H,6,7,8). The Balaban J connectivity index is 3.98. The largest absolute Gasteiger partial charge is 0.398 e. The molecule has 0 bridgehead atoms. The third-order valence-corrected chi connectivity index (χ3v) is 2.04. The fraction of sp³-hybridized carbons (Fsp3) is 1.00. The van der Waals surface area contributed by atoms with Crippen LogP contribution < -0.4 is 0 Å². The van der Waals surface area contributed by atoms with Crippen LogP contribution in [0.2, 0.25) is 0 Å². The van der Waals surface area contributed by atoms with E-state index in [9.17, 15) is 8.42 Å². The Labute approximate surface area is 66.3 Å². The van der Waals surface area contributed by atoms with Gasteiger partial charge >= 0.3 is 10.4 Å². The number of rotatable bonds is 4. The van der Waals surface area contributed by atoms with Crippen molar-refractivity contribution in [1.29, 1.82) is 0 Å². The lowest BCUT2D eigenvalue weighted by atomic mass is 10.4. The Morgan fingerprint density at radius 1 is 1.55 bits per heavy atom. The molecule has 0 heterocycles. The Morgan fingerprint density at radius 2 is 2.00 bits per heavy atom. The lowest BCUT2D eigenvalue weighted by molar-refractivity contribution is 0.0360. The molecule has 68 valence electrons. The highest BCUT2D eigenvalue weighted by molar-refractivity contribution is 7.81. The zero-order valence-corrected chi connectivity index (χ0v) is 7.38. The lowest BCUT2D eigenvalue weighted by Gasteiger charge is -2.13. The maximum absolute atomic E-state index is 9.99. The molecule has 0 fully saturated rings. The molecular formula is C3H9O6PS. The second-order valence-corrected chi connectivity index (χ2v) is 3.44. The molecular weight excluding hydrogens is 195 g/mol. The van der Waals surface area contributed by atoms with E-state index < -0.39 is 29.0 Å². The van der Waals surface area contributed by atoms with Crippen LogP contribution in [0.4, 0.5) is 0 Å². The van der Waals surface area contributed by atoms with Crippen LogP contribution in [0.15, 0.2) is 0 Å². The van der Waals surface area contributed by atoms with Crippen LogP contribution in [0, 0.1) is 0 Å². The first-order valence-electron chi connectivity index (χ1n) is 2.57. The van der Waals surface area contributed by atoms with Gasteiger partial charge in [-0.2, -0.15) is 8.42 Å². The van der Waals surface area contributed by atoms with Gasteiger partial charge in [0.1, 0.15) is 11.9 Å². The van der Waals surface area contributed by atoms with Crippen LogP contribution in [-0.2, 0) is 14.6 Å². The van der Waals surface area contributed by atoms with Crippen molar-refractivity contribution in [1.82, 2.24) is 0 Å². The molecule has 0 amide bonds. The summed E-state index contributed by atoms with van der Waals surface area (Å²) < 4.78 is 31.9. The van der Waals surface area contributed by atoms with Gasteiger partial charge < -0.3 is 10.2 Å². The number of aliphatic hydroxyl groups is 2. The van der Waals surface area contributed by atoms with Gasteiger partial charge in [-0.25, -0.2) is 4.18 Å². The second kappa shape index (κ2) is 4.30. The molecule has 11 heavy (non-hydrogen) atoms. The van der Waals surface area contributed by atoms with E-state index in [1.807, 2.05) is 9.24 Å². The average Bonchev–Trinajstić information content (AvgIpc) is 1.82. The fourth-order valence-corrected chi connectivity index (χ4v) is 1.26. The molecule has 6 nitrogen and oxygen atoms in total. The number of aliphatic hydroxyl groups excluding tert-OH is 2. The number of hydrogen-bond acceptors (Lipinski definition) is 5. The van der Waals surface area contributed by atoms with Gasteiger partial charge in [-0.1, -0.05) is 0 Å². The predicted octanol–water partition coefficient (Wildman–Crippen LogP) is -1.64. The quantitative estimate of drug-likeness (QED) is 0.375. The molecule has 0 aliphatic carbocycles. The molecule has 0 aromatic carbocycles. The Morgan fingerprint density at radius 3 is 2.27 bits per heavy atom. The Hall–Kier alpha value is 0.220. The van der Waals surface area contributed by atoms with E-state index in [-0.39, 0.29) is 0 Å². The van der Waals surface area contributed by atoms with Gasteiger partial charge in [-0.15, -0.1) is 9.24 Å². The highest BCUT2D eigenvalue weighted by atomic mass is 32.3. The van der Waals surface area contributed by atoms with Crippen molar-refractivity contribution in [2.24, 2.45) is 0 Å². The van der Waals surface area contributed by atoms with E-state index in [1.165, 1.54) is 0 Å². The minimum Gasteiger partial charge on any atom is -0.394 e. The summed E-state index contributed by atoms with van der Waals surface area (Å²) in [4.78, 5) is 0. The number of hydrogen-bond donors (Lipinski definition) is 3. The smallest absolute Gasteiger partial charge is 0.394 e. The highest BCUT2D eigenvalue weighted by Crippen LogP contribution is 2.09. The molecule has 0 aliphatic rings. The van der Waals surface area contributed by atoms with Crippen LogP contribution in [0.5, 0.6) is 0 Å². The monoisotopic (exact) mass is 204 g/mol. The summed E-state index contributed by atoms with van der Waals surface area (Å²) in [5, 5.41) is 17.0. The van der Waals surface area contributed by atoms with Crippen LogP contribution in [0.1, 0.15) is 0 Å². The van der Waals surface area contributed by atoms with Gasteiger partial charge in [0, 0.05) is 0 Å². The van der Waals surface area contributed by atoms with Gasteiger partial charge in [0.25, 0.3) is 0 Å². The normalized spacial score (nSPS) is 17.8. The molecule has 0 spiro atoms. The van der Waals surface area contributed by atoms with Crippen molar-refractivity contribution < 1.29 is 27.4 Å². The van der Waals surface area contributed by atoms with Crippen molar-refractivity contribution in [3.05, 3.63) is 0 Å². The first-order valence-corrected chi connectivity index (χ1v) is 4.60. The molecule has 0 aromatic heterocycles. The van der Waals surface area contributed by atoms with Crippen molar-refractivity contribution in [2.75, 3.05) is 6.61 Å². The zero-order chi connectivity index (χ0) is 9.07. The SMILES string of the molecule is O=S(=O)(O)OC(P)C(O)CO. The summed E-state index contributed by atoms with van der Waals surface area (Å²) >= 11 is 0. The van der Waals surface area contributed by atoms with Gasteiger partial charge in [-0.05, 0) is 0 Å². The Bertz CT molecular complexity index is 200. The molecule has 0 saturated heterocycles. The molecule has 8 heteroatoms. The molecule has 0 radical (unpaired) electrons. The van der Waals surface area contributed by atoms with Gasteiger partial charge in [0.2, 0.25) is 0 Å². The first-order chi connectivity index (χ1) is 4.87. The summed E-state index contributed by atoms with van der Waals surface area (Å²) in [6.07, 6.45) is -1.36. The maximum atomic E-state index is 9.99. The van der Waals surface area contributed by atoms with E-state index in [4.69, 9.17) is 14.8 Å². The van der Waals surface area contributed by atoms with Gasteiger partial charge in [0.05, 0.1) is 6.61 Å². The van der Waals surface area contributed by atoms with Crippen LogP contribution in [-0.4, -0.2) is 41.7 Å². The molecule has 0 rings (SSSR count). The third kappa shape index (κ3) is 5.49. The lowest BCUT2D eigenvalue weighted by Crippen LogP contribution is -2.28.